The first-order valence-corrected chi connectivity index (χ1v) is 8.33. The van der Waals surface area contributed by atoms with E-state index in [9.17, 15) is 4.79 Å². The van der Waals surface area contributed by atoms with Crippen molar-refractivity contribution in [3.63, 3.8) is 0 Å². The Labute approximate surface area is 152 Å². The van der Waals surface area contributed by atoms with Gasteiger partial charge in [-0.15, -0.1) is 0 Å². The van der Waals surface area contributed by atoms with Gasteiger partial charge in [0, 0.05) is 17.7 Å². The van der Waals surface area contributed by atoms with Crippen molar-refractivity contribution in [3.8, 4) is 17.0 Å². The molecule has 26 heavy (non-hydrogen) atoms. The van der Waals surface area contributed by atoms with Crippen molar-refractivity contribution in [2.24, 2.45) is 0 Å². The van der Waals surface area contributed by atoms with Crippen LogP contribution in [0.2, 0.25) is 0 Å². The average molecular weight is 348 g/mol. The quantitative estimate of drug-likeness (QED) is 0.657. The van der Waals surface area contributed by atoms with Crippen molar-refractivity contribution < 1.29 is 14.6 Å². The summed E-state index contributed by atoms with van der Waals surface area (Å²) in [7, 11) is 1.64. The number of rotatable bonds is 7. The van der Waals surface area contributed by atoms with Gasteiger partial charge in [0.25, 0.3) is 0 Å². The monoisotopic (exact) mass is 348 g/mol. The number of nitrogens with one attached hydrogen (secondary N) is 1. The number of hydrogen-bond donors (Lipinski definition) is 2. The molecule has 0 unspecified atom stereocenters. The van der Waals surface area contributed by atoms with Crippen molar-refractivity contribution in [1.82, 2.24) is 4.98 Å². The molecular weight excluding hydrogens is 328 g/mol. The third-order valence-corrected chi connectivity index (χ3v) is 3.99. The number of benzene rings is 2. The Morgan fingerprint density at radius 2 is 1.77 bits per heavy atom. The van der Waals surface area contributed by atoms with Crippen LogP contribution in [0.4, 0.5) is 11.5 Å². The van der Waals surface area contributed by atoms with Gasteiger partial charge >= 0.3 is 5.97 Å². The lowest BCUT2D eigenvalue weighted by atomic mass is 10.1. The normalized spacial score (nSPS) is 10.3. The molecule has 0 atom stereocenters. The van der Waals surface area contributed by atoms with Gasteiger partial charge in [-0.1, -0.05) is 30.3 Å². The second-order valence-corrected chi connectivity index (χ2v) is 5.85. The van der Waals surface area contributed by atoms with E-state index in [0.29, 0.717) is 6.42 Å². The fourth-order valence-corrected chi connectivity index (χ4v) is 2.58. The van der Waals surface area contributed by atoms with E-state index in [1.165, 1.54) is 0 Å². The number of anilines is 2. The molecular formula is C21H20N2O3. The van der Waals surface area contributed by atoms with Gasteiger partial charge in [0.05, 0.1) is 12.8 Å². The van der Waals surface area contributed by atoms with Crippen molar-refractivity contribution in [2.75, 3.05) is 12.4 Å². The van der Waals surface area contributed by atoms with E-state index in [4.69, 9.17) is 9.84 Å². The van der Waals surface area contributed by atoms with Gasteiger partial charge < -0.3 is 15.2 Å². The lowest BCUT2D eigenvalue weighted by Gasteiger charge is -2.09. The van der Waals surface area contributed by atoms with Crippen molar-refractivity contribution in [3.05, 3.63) is 72.3 Å². The molecule has 0 aliphatic heterocycles. The zero-order chi connectivity index (χ0) is 18.4. The smallest absolute Gasteiger partial charge is 0.303 e. The molecule has 0 saturated heterocycles. The minimum Gasteiger partial charge on any atom is -0.497 e. The van der Waals surface area contributed by atoms with Crippen LogP contribution in [0, 0.1) is 0 Å². The number of methoxy groups -OCH3 is 1. The van der Waals surface area contributed by atoms with E-state index in [-0.39, 0.29) is 6.42 Å². The lowest BCUT2D eigenvalue weighted by Crippen LogP contribution is -1.97. The molecule has 0 amide bonds. The zero-order valence-corrected chi connectivity index (χ0v) is 14.5. The van der Waals surface area contributed by atoms with Crippen LogP contribution in [0.15, 0.2) is 66.7 Å². The highest BCUT2D eigenvalue weighted by molar-refractivity contribution is 5.67. The highest BCUT2D eigenvalue weighted by Gasteiger charge is 2.04. The van der Waals surface area contributed by atoms with Crippen LogP contribution < -0.4 is 10.1 Å². The van der Waals surface area contributed by atoms with E-state index in [0.717, 1.165) is 34.1 Å². The number of aromatic nitrogens is 1. The van der Waals surface area contributed by atoms with Crippen molar-refractivity contribution >= 4 is 17.5 Å². The van der Waals surface area contributed by atoms with Crippen molar-refractivity contribution in [2.45, 2.75) is 12.8 Å². The summed E-state index contributed by atoms with van der Waals surface area (Å²) in [5.74, 6) is 0.774. The van der Waals surface area contributed by atoms with Gasteiger partial charge in [0.2, 0.25) is 0 Å². The summed E-state index contributed by atoms with van der Waals surface area (Å²) in [4.78, 5) is 15.3. The van der Waals surface area contributed by atoms with Crippen LogP contribution in [-0.4, -0.2) is 23.2 Å². The number of carbonyl (C=O) groups is 1. The predicted octanol–water partition coefficient (Wildman–Crippen LogP) is 4.52. The largest absolute Gasteiger partial charge is 0.497 e. The fraction of sp³-hybridized carbons (Fsp3) is 0.143. The van der Waals surface area contributed by atoms with E-state index in [2.05, 4.69) is 10.3 Å². The number of aryl methyl sites for hydroxylation is 1. The SMILES string of the molecule is COc1ccc(Nc2cccc(-c3ccc(CCC(=O)O)cc3)n2)cc1. The minimum atomic E-state index is -0.784. The molecule has 5 nitrogen and oxygen atoms in total. The van der Waals surface area contributed by atoms with Crippen LogP contribution >= 0.6 is 0 Å². The second kappa shape index (κ2) is 8.16. The number of nitrogens with zero attached hydrogens (tertiary/aromatic N) is 1. The lowest BCUT2D eigenvalue weighted by molar-refractivity contribution is -0.136. The molecule has 0 aliphatic carbocycles. The molecule has 0 aliphatic rings. The summed E-state index contributed by atoms with van der Waals surface area (Å²) in [5.41, 5.74) is 3.78. The van der Waals surface area contributed by atoms with Crippen LogP contribution in [0.25, 0.3) is 11.3 Å². The van der Waals surface area contributed by atoms with Gasteiger partial charge in [-0.05, 0) is 48.4 Å². The summed E-state index contributed by atoms with van der Waals surface area (Å²) in [5, 5.41) is 12.0. The molecule has 1 heterocycles. The fourth-order valence-electron chi connectivity index (χ4n) is 2.58. The number of carboxylic acid groups (broad SMARTS) is 1. The summed E-state index contributed by atoms with van der Waals surface area (Å²) < 4.78 is 5.16. The number of hydrogen-bond acceptors (Lipinski definition) is 4. The Bertz CT molecular complexity index is 875. The predicted molar refractivity (Wildman–Crippen MR) is 102 cm³/mol. The summed E-state index contributed by atoms with van der Waals surface area (Å²) in [6.45, 7) is 0. The number of pyridine rings is 1. The third kappa shape index (κ3) is 4.60. The first kappa shape index (κ1) is 17.5. The van der Waals surface area contributed by atoms with E-state index in [1.54, 1.807) is 7.11 Å². The average Bonchev–Trinajstić information content (AvgIpc) is 2.67. The maximum Gasteiger partial charge on any atom is 0.303 e. The highest BCUT2D eigenvalue weighted by atomic mass is 16.5. The van der Waals surface area contributed by atoms with Gasteiger partial charge in [0.15, 0.2) is 0 Å². The molecule has 0 saturated carbocycles. The van der Waals surface area contributed by atoms with E-state index < -0.39 is 5.97 Å². The standard InChI is InChI=1S/C21H20N2O3/c1-26-18-12-10-17(11-13-18)22-20-4-2-3-19(23-20)16-8-5-15(6-9-16)7-14-21(24)25/h2-6,8-13H,7,14H2,1H3,(H,22,23)(H,24,25). The maximum absolute atomic E-state index is 10.7. The molecule has 0 fully saturated rings. The minimum absolute atomic E-state index is 0.138. The van der Waals surface area contributed by atoms with Crippen LogP contribution in [0.1, 0.15) is 12.0 Å². The maximum atomic E-state index is 10.7. The molecule has 0 radical (unpaired) electrons. The molecule has 2 aromatic carbocycles. The molecule has 3 aromatic rings. The number of aliphatic carboxylic acids is 1. The van der Waals surface area contributed by atoms with Crippen LogP contribution in [-0.2, 0) is 11.2 Å². The number of ether oxygens (including phenoxy) is 1. The van der Waals surface area contributed by atoms with Gasteiger partial charge in [-0.3, -0.25) is 4.79 Å². The van der Waals surface area contributed by atoms with Crippen molar-refractivity contribution in [1.29, 1.82) is 0 Å². The Balaban J connectivity index is 1.72. The van der Waals surface area contributed by atoms with Crippen LogP contribution in [0.3, 0.4) is 0 Å². The highest BCUT2D eigenvalue weighted by Crippen LogP contribution is 2.23. The Hall–Kier alpha value is -3.34. The van der Waals surface area contributed by atoms with E-state index in [1.807, 2.05) is 66.7 Å². The first-order chi connectivity index (χ1) is 12.6. The third-order valence-electron chi connectivity index (χ3n) is 3.99. The van der Waals surface area contributed by atoms with Gasteiger partial charge in [-0.2, -0.15) is 0 Å². The Morgan fingerprint density at radius 1 is 1.04 bits per heavy atom. The molecule has 0 spiro atoms. The molecule has 0 bridgehead atoms. The molecule has 132 valence electrons. The molecule has 1 aromatic heterocycles. The summed E-state index contributed by atoms with van der Waals surface area (Å²) >= 11 is 0. The molecule has 3 rings (SSSR count). The zero-order valence-electron chi connectivity index (χ0n) is 14.5. The molecule has 2 N–H and O–H groups in total. The van der Waals surface area contributed by atoms with Gasteiger partial charge in [0.1, 0.15) is 11.6 Å². The summed E-state index contributed by atoms with van der Waals surface area (Å²) in [6.07, 6.45) is 0.668. The number of carboxylic acids is 1. The van der Waals surface area contributed by atoms with Crippen LogP contribution in [0.5, 0.6) is 5.75 Å². The Kier molecular flexibility index (Phi) is 5.49. The van der Waals surface area contributed by atoms with E-state index >= 15 is 0 Å². The van der Waals surface area contributed by atoms with Gasteiger partial charge in [-0.25, -0.2) is 4.98 Å². The molecule has 5 heteroatoms. The second-order valence-electron chi connectivity index (χ2n) is 5.85. The summed E-state index contributed by atoms with van der Waals surface area (Å²) in [6, 6.07) is 21.3. The Morgan fingerprint density at radius 3 is 2.42 bits per heavy atom. The first-order valence-electron chi connectivity index (χ1n) is 8.33. The topological polar surface area (TPSA) is 71.5 Å².